The average molecular weight is 286 g/mol. The van der Waals surface area contributed by atoms with E-state index in [1.807, 2.05) is 0 Å². The molecule has 1 N–H and O–H groups in total. The summed E-state index contributed by atoms with van der Waals surface area (Å²) < 4.78 is 5.10. The molecule has 0 saturated carbocycles. The molecule has 0 unspecified atom stereocenters. The summed E-state index contributed by atoms with van der Waals surface area (Å²) >= 11 is 11.8. The van der Waals surface area contributed by atoms with Crippen molar-refractivity contribution in [2.75, 3.05) is 0 Å². The van der Waals surface area contributed by atoms with Crippen molar-refractivity contribution in [1.82, 2.24) is 5.16 Å². The Morgan fingerprint density at radius 2 is 2.17 bits per heavy atom. The third kappa shape index (κ3) is 2.21. The molecule has 18 heavy (non-hydrogen) atoms. The van der Waals surface area contributed by atoms with Crippen LogP contribution in [0.5, 0.6) is 0 Å². The fraction of sp³-hybridized carbons (Fsp3) is 0.167. The second-order valence-corrected chi connectivity index (χ2v) is 4.46. The fourth-order valence-corrected chi connectivity index (χ4v) is 2.14. The summed E-state index contributed by atoms with van der Waals surface area (Å²) in [4.78, 5) is 11.2. The monoisotopic (exact) mass is 285 g/mol. The first-order valence-corrected chi connectivity index (χ1v) is 5.97. The maximum atomic E-state index is 11.2. The molecule has 6 heteroatoms. The molecule has 94 valence electrons. The van der Waals surface area contributed by atoms with Crippen molar-refractivity contribution in [2.45, 2.75) is 13.3 Å². The summed E-state index contributed by atoms with van der Waals surface area (Å²) in [6, 6.07) is 4.75. The predicted molar refractivity (Wildman–Crippen MR) is 68.3 cm³/mol. The number of aromatic nitrogens is 1. The van der Waals surface area contributed by atoms with E-state index in [1.54, 1.807) is 19.1 Å². The van der Waals surface area contributed by atoms with Gasteiger partial charge in [-0.15, -0.1) is 0 Å². The smallest absolute Gasteiger partial charge is 0.341 e. The van der Waals surface area contributed by atoms with Gasteiger partial charge in [0.25, 0.3) is 0 Å². The van der Waals surface area contributed by atoms with E-state index in [0.717, 1.165) is 0 Å². The molecular formula is C12H9Cl2NO3. The van der Waals surface area contributed by atoms with Crippen LogP contribution in [0.4, 0.5) is 0 Å². The van der Waals surface area contributed by atoms with Crippen molar-refractivity contribution in [3.05, 3.63) is 39.5 Å². The highest BCUT2D eigenvalue weighted by atomic mass is 35.5. The lowest BCUT2D eigenvalue weighted by Crippen LogP contribution is -2.01. The number of nitrogens with zero attached hydrogens (tertiary/aromatic N) is 1. The maximum Gasteiger partial charge on any atom is 0.341 e. The van der Waals surface area contributed by atoms with Gasteiger partial charge in [-0.3, -0.25) is 0 Å². The molecule has 0 aliphatic heterocycles. The van der Waals surface area contributed by atoms with Gasteiger partial charge in [-0.25, -0.2) is 4.79 Å². The number of carboxylic acids is 1. The number of halogens is 2. The number of aromatic carboxylic acids is 1. The standard InChI is InChI=1S/C12H9Cl2NO3/c1-2-9-10(12(16)17)11(18-15-9)7-4-3-6(13)5-8(7)14/h3-5H,2H2,1H3,(H,16,17). The van der Waals surface area contributed by atoms with Crippen LogP contribution in [0.2, 0.25) is 10.0 Å². The first-order valence-electron chi connectivity index (χ1n) is 5.21. The molecule has 4 nitrogen and oxygen atoms in total. The molecule has 0 atom stereocenters. The highest BCUT2D eigenvalue weighted by Crippen LogP contribution is 2.33. The second-order valence-electron chi connectivity index (χ2n) is 3.62. The molecule has 2 rings (SSSR count). The van der Waals surface area contributed by atoms with Crippen molar-refractivity contribution in [2.24, 2.45) is 0 Å². The van der Waals surface area contributed by atoms with Gasteiger partial charge >= 0.3 is 5.97 Å². The Kier molecular flexibility index (Phi) is 3.59. The van der Waals surface area contributed by atoms with Crippen LogP contribution < -0.4 is 0 Å². The number of benzene rings is 1. The Labute approximate surface area is 113 Å². The molecule has 0 amide bonds. The zero-order chi connectivity index (χ0) is 13.3. The topological polar surface area (TPSA) is 63.3 Å². The van der Waals surface area contributed by atoms with Crippen molar-refractivity contribution >= 4 is 29.2 Å². The number of carbonyl (C=O) groups is 1. The highest BCUT2D eigenvalue weighted by Gasteiger charge is 2.24. The van der Waals surface area contributed by atoms with Gasteiger partial charge in [-0.05, 0) is 24.6 Å². The molecule has 0 bridgehead atoms. The largest absolute Gasteiger partial charge is 0.477 e. The Morgan fingerprint density at radius 3 is 2.72 bits per heavy atom. The van der Waals surface area contributed by atoms with Crippen LogP contribution in [0.25, 0.3) is 11.3 Å². The summed E-state index contributed by atoms with van der Waals surface area (Å²) in [5.74, 6) is -0.935. The minimum absolute atomic E-state index is 0.0433. The van der Waals surface area contributed by atoms with Crippen molar-refractivity contribution < 1.29 is 14.4 Å². The van der Waals surface area contributed by atoms with Crippen LogP contribution in [0.15, 0.2) is 22.7 Å². The number of hydrogen-bond acceptors (Lipinski definition) is 3. The lowest BCUT2D eigenvalue weighted by atomic mass is 10.1. The minimum atomic E-state index is -1.09. The summed E-state index contributed by atoms with van der Waals surface area (Å²) in [6.07, 6.45) is 0.469. The zero-order valence-electron chi connectivity index (χ0n) is 9.41. The maximum absolute atomic E-state index is 11.2. The SMILES string of the molecule is CCc1noc(-c2ccc(Cl)cc2Cl)c1C(=O)O. The quantitative estimate of drug-likeness (QED) is 0.929. The molecule has 1 aromatic carbocycles. The summed E-state index contributed by atoms with van der Waals surface area (Å²) in [6.45, 7) is 1.80. The number of carboxylic acid groups (broad SMARTS) is 1. The molecule has 0 aliphatic rings. The third-order valence-electron chi connectivity index (χ3n) is 2.49. The van der Waals surface area contributed by atoms with E-state index in [-0.39, 0.29) is 11.3 Å². The Hall–Kier alpha value is -1.52. The number of rotatable bonds is 3. The van der Waals surface area contributed by atoms with E-state index in [4.69, 9.17) is 27.7 Å². The summed E-state index contributed by atoms with van der Waals surface area (Å²) in [7, 11) is 0. The van der Waals surface area contributed by atoms with Crippen molar-refractivity contribution in [1.29, 1.82) is 0 Å². The predicted octanol–water partition coefficient (Wildman–Crippen LogP) is 3.91. The Morgan fingerprint density at radius 1 is 1.44 bits per heavy atom. The van der Waals surface area contributed by atoms with Crippen LogP contribution in [0, 0.1) is 0 Å². The molecule has 0 radical (unpaired) electrons. The van der Waals surface area contributed by atoms with Gasteiger partial charge in [0.2, 0.25) is 0 Å². The van der Waals surface area contributed by atoms with Crippen LogP contribution in [-0.2, 0) is 6.42 Å². The second kappa shape index (κ2) is 5.00. The highest BCUT2D eigenvalue weighted by molar-refractivity contribution is 6.36. The normalized spacial score (nSPS) is 10.6. The first kappa shape index (κ1) is 12.9. The van der Waals surface area contributed by atoms with Crippen LogP contribution >= 0.6 is 23.2 Å². The van der Waals surface area contributed by atoms with Crippen LogP contribution in [0.3, 0.4) is 0 Å². The molecule has 0 spiro atoms. The molecule has 0 aliphatic carbocycles. The summed E-state index contributed by atoms with van der Waals surface area (Å²) in [5.41, 5.74) is 0.899. The number of hydrogen-bond donors (Lipinski definition) is 1. The van der Waals surface area contributed by atoms with E-state index in [9.17, 15) is 9.90 Å². The van der Waals surface area contributed by atoms with Crippen molar-refractivity contribution in [3.63, 3.8) is 0 Å². The van der Waals surface area contributed by atoms with Gasteiger partial charge in [-0.2, -0.15) is 0 Å². The van der Waals surface area contributed by atoms with E-state index in [0.29, 0.717) is 27.7 Å². The van der Waals surface area contributed by atoms with Gasteiger partial charge in [-0.1, -0.05) is 35.3 Å². The third-order valence-corrected chi connectivity index (χ3v) is 3.04. The lowest BCUT2D eigenvalue weighted by molar-refractivity contribution is 0.0696. The van der Waals surface area contributed by atoms with Gasteiger partial charge in [0.05, 0.1) is 10.7 Å². The van der Waals surface area contributed by atoms with Crippen LogP contribution in [-0.4, -0.2) is 16.2 Å². The van der Waals surface area contributed by atoms with E-state index in [1.165, 1.54) is 6.07 Å². The summed E-state index contributed by atoms with van der Waals surface area (Å²) in [5, 5.41) is 13.7. The number of aryl methyl sites for hydroxylation is 1. The minimum Gasteiger partial charge on any atom is -0.477 e. The Bertz CT molecular complexity index is 607. The molecule has 0 fully saturated rings. The lowest BCUT2D eigenvalue weighted by Gasteiger charge is -2.02. The van der Waals surface area contributed by atoms with E-state index < -0.39 is 5.97 Å². The molecule has 2 aromatic rings. The van der Waals surface area contributed by atoms with Crippen LogP contribution in [0.1, 0.15) is 23.0 Å². The van der Waals surface area contributed by atoms with Gasteiger partial charge in [0.15, 0.2) is 5.76 Å². The van der Waals surface area contributed by atoms with Gasteiger partial charge in [0.1, 0.15) is 5.56 Å². The molecule has 0 saturated heterocycles. The van der Waals surface area contributed by atoms with Crippen molar-refractivity contribution in [3.8, 4) is 11.3 Å². The fourth-order valence-electron chi connectivity index (χ4n) is 1.64. The molecule has 1 aromatic heterocycles. The van der Waals surface area contributed by atoms with Gasteiger partial charge < -0.3 is 9.63 Å². The first-order chi connectivity index (χ1) is 8.54. The molecular weight excluding hydrogens is 277 g/mol. The molecule has 1 heterocycles. The van der Waals surface area contributed by atoms with Gasteiger partial charge in [0, 0.05) is 10.6 Å². The van der Waals surface area contributed by atoms with E-state index in [2.05, 4.69) is 5.16 Å². The average Bonchev–Trinajstić information content (AvgIpc) is 2.72. The Balaban J connectivity index is 2.64. The van der Waals surface area contributed by atoms with E-state index >= 15 is 0 Å². The zero-order valence-corrected chi connectivity index (χ0v) is 10.9.